The summed E-state index contributed by atoms with van der Waals surface area (Å²) in [5.41, 5.74) is 0.199. The van der Waals surface area contributed by atoms with Gasteiger partial charge < -0.3 is 4.90 Å². The van der Waals surface area contributed by atoms with Crippen LogP contribution >= 0.6 is 0 Å². The van der Waals surface area contributed by atoms with Crippen LogP contribution in [0.15, 0.2) is 17.0 Å². The maximum atomic E-state index is 13.9. The van der Waals surface area contributed by atoms with Crippen LogP contribution in [0.2, 0.25) is 0 Å². The van der Waals surface area contributed by atoms with Gasteiger partial charge in [0.25, 0.3) is 5.91 Å². The summed E-state index contributed by atoms with van der Waals surface area (Å²) in [6, 6.07) is 2.35. The Kier molecular flexibility index (Phi) is 5.47. The molecular weight excluding hydrogens is 295 g/mol. The second-order valence-corrected chi connectivity index (χ2v) is 6.53. The lowest BCUT2D eigenvalue weighted by molar-refractivity contribution is 0.0699. The average Bonchev–Trinajstić information content (AvgIpc) is 2.40. The zero-order valence-electron chi connectivity index (χ0n) is 12.7. The zero-order chi connectivity index (χ0) is 16.4. The number of nitrogens with zero attached hydrogens (tertiary/aromatic N) is 1. The summed E-state index contributed by atoms with van der Waals surface area (Å²) >= 11 is 0. The first-order valence-corrected chi connectivity index (χ1v) is 8.32. The molecule has 1 aromatic carbocycles. The van der Waals surface area contributed by atoms with Gasteiger partial charge in [-0.3, -0.25) is 4.79 Å². The van der Waals surface area contributed by atoms with E-state index < -0.39 is 20.7 Å². The molecule has 1 aromatic rings. The topological polar surface area (TPSA) is 80.5 Å². The van der Waals surface area contributed by atoms with Crippen LogP contribution in [-0.4, -0.2) is 31.8 Å². The second-order valence-electron chi connectivity index (χ2n) is 5.00. The molecule has 0 saturated carbocycles. The molecule has 0 spiro atoms. The number of hydrogen-bond donors (Lipinski definition) is 1. The maximum Gasteiger partial charge on any atom is 0.254 e. The third kappa shape index (κ3) is 3.79. The molecule has 0 bridgehead atoms. The van der Waals surface area contributed by atoms with E-state index in [4.69, 9.17) is 5.14 Å². The molecule has 1 amide bonds. The largest absolute Gasteiger partial charge is 0.336 e. The number of carbonyl (C=O) groups is 1. The minimum atomic E-state index is -4.22. The van der Waals surface area contributed by atoms with Crippen LogP contribution in [0.1, 0.15) is 43.1 Å². The van der Waals surface area contributed by atoms with Crippen molar-refractivity contribution in [3.8, 4) is 0 Å². The number of sulfonamides is 1. The van der Waals surface area contributed by atoms with Gasteiger partial charge in [-0.25, -0.2) is 17.9 Å². The van der Waals surface area contributed by atoms with Crippen molar-refractivity contribution in [2.75, 3.05) is 6.54 Å². The SMILES string of the molecule is CCC(C)N(CC)C(=O)c1cc(C)c(F)c(S(N)(=O)=O)c1. The van der Waals surface area contributed by atoms with Crippen molar-refractivity contribution < 1.29 is 17.6 Å². The molecule has 21 heavy (non-hydrogen) atoms. The fraction of sp³-hybridized carbons (Fsp3) is 0.500. The van der Waals surface area contributed by atoms with Gasteiger partial charge in [-0.2, -0.15) is 0 Å². The van der Waals surface area contributed by atoms with E-state index in [1.54, 1.807) is 4.90 Å². The molecule has 1 rings (SSSR count). The van der Waals surface area contributed by atoms with Gasteiger partial charge in [-0.05, 0) is 44.9 Å². The lowest BCUT2D eigenvalue weighted by Gasteiger charge is -2.27. The summed E-state index contributed by atoms with van der Waals surface area (Å²) in [5, 5.41) is 5.00. The quantitative estimate of drug-likeness (QED) is 0.902. The highest BCUT2D eigenvalue weighted by atomic mass is 32.2. The lowest BCUT2D eigenvalue weighted by Crippen LogP contribution is -2.38. The first kappa shape index (κ1) is 17.6. The Balaban J connectivity index is 3.38. The molecule has 0 aliphatic rings. The number of amides is 1. The maximum absolute atomic E-state index is 13.9. The first-order valence-electron chi connectivity index (χ1n) is 6.77. The summed E-state index contributed by atoms with van der Waals surface area (Å²) in [7, 11) is -4.22. The van der Waals surface area contributed by atoms with Gasteiger partial charge in [-0.1, -0.05) is 6.92 Å². The van der Waals surface area contributed by atoms with Crippen LogP contribution in [0.25, 0.3) is 0 Å². The predicted molar refractivity (Wildman–Crippen MR) is 79.0 cm³/mol. The van der Waals surface area contributed by atoms with Gasteiger partial charge in [0.2, 0.25) is 10.0 Å². The molecule has 0 radical (unpaired) electrons. The minimum Gasteiger partial charge on any atom is -0.336 e. The Morgan fingerprint density at radius 2 is 1.95 bits per heavy atom. The lowest BCUT2D eigenvalue weighted by atomic mass is 10.1. The highest BCUT2D eigenvalue weighted by molar-refractivity contribution is 7.89. The smallest absolute Gasteiger partial charge is 0.254 e. The molecular formula is C14H21FN2O3S. The van der Waals surface area contributed by atoms with E-state index in [0.717, 1.165) is 12.5 Å². The fourth-order valence-electron chi connectivity index (χ4n) is 2.11. The molecule has 2 N–H and O–H groups in total. The standard InChI is InChI=1S/C14H21FN2O3S/c1-5-10(4)17(6-2)14(18)11-7-9(3)13(15)12(8-11)21(16,19)20/h7-8,10H,5-6H2,1-4H3,(H2,16,19,20). The van der Waals surface area contributed by atoms with Gasteiger partial charge in [0.15, 0.2) is 0 Å². The van der Waals surface area contributed by atoms with Crippen molar-refractivity contribution >= 4 is 15.9 Å². The van der Waals surface area contributed by atoms with Crippen molar-refractivity contribution in [3.63, 3.8) is 0 Å². The van der Waals surface area contributed by atoms with Gasteiger partial charge in [0.05, 0.1) is 0 Å². The summed E-state index contributed by atoms with van der Waals surface area (Å²) in [4.78, 5) is 13.5. The number of primary sulfonamides is 1. The van der Waals surface area contributed by atoms with E-state index in [2.05, 4.69) is 0 Å². The molecule has 0 saturated heterocycles. The van der Waals surface area contributed by atoms with Crippen molar-refractivity contribution in [2.24, 2.45) is 5.14 Å². The van der Waals surface area contributed by atoms with Crippen LogP contribution < -0.4 is 5.14 Å². The number of halogens is 1. The van der Waals surface area contributed by atoms with E-state index in [0.29, 0.717) is 6.54 Å². The van der Waals surface area contributed by atoms with Crippen LogP contribution in [0, 0.1) is 12.7 Å². The number of nitrogens with two attached hydrogens (primary N) is 1. The second kappa shape index (κ2) is 6.53. The molecule has 1 unspecified atom stereocenters. The van der Waals surface area contributed by atoms with E-state index in [9.17, 15) is 17.6 Å². The summed E-state index contributed by atoms with van der Waals surface area (Å²) in [6.07, 6.45) is 0.766. The highest BCUT2D eigenvalue weighted by Crippen LogP contribution is 2.21. The summed E-state index contributed by atoms with van der Waals surface area (Å²) < 4.78 is 36.7. The molecule has 0 aliphatic carbocycles. The van der Waals surface area contributed by atoms with E-state index in [-0.39, 0.29) is 23.1 Å². The number of hydrogen-bond acceptors (Lipinski definition) is 3. The number of rotatable bonds is 5. The van der Waals surface area contributed by atoms with Gasteiger partial charge >= 0.3 is 0 Å². The van der Waals surface area contributed by atoms with Gasteiger partial charge in [0.1, 0.15) is 10.7 Å². The molecule has 0 heterocycles. The van der Waals surface area contributed by atoms with Gasteiger partial charge in [0, 0.05) is 18.2 Å². The third-order valence-electron chi connectivity index (χ3n) is 3.50. The van der Waals surface area contributed by atoms with E-state index in [1.807, 2.05) is 20.8 Å². The molecule has 1 atom stereocenters. The van der Waals surface area contributed by atoms with Crippen LogP contribution in [0.4, 0.5) is 4.39 Å². The monoisotopic (exact) mass is 316 g/mol. The minimum absolute atomic E-state index is 0.00536. The van der Waals surface area contributed by atoms with Crippen LogP contribution in [0.3, 0.4) is 0 Å². The third-order valence-corrected chi connectivity index (χ3v) is 4.41. The Morgan fingerprint density at radius 1 is 1.38 bits per heavy atom. The van der Waals surface area contributed by atoms with Crippen LogP contribution in [-0.2, 0) is 10.0 Å². The average molecular weight is 316 g/mol. The number of benzene rings is 1. The molecule has 5 nitrogen and oxygen atoms in total. The molecule has 0 fully saturated rings. The molecule has 0 aromatic heterocycles. The van der Waals surface area contributed by atoms with Crippen molar-refractivity contribution in [3.05, 3.63) is 29.1 Å². The fourth-order valence-corrected chi connectivity index (χ4v) is 2.81. The Morgan fingerprint density at radius 3 is 2.38 bits per heavy atom. The Hall–Kier alpha value is -1.47. The van der Waals surface area contributed by atoms with E-state index >= 15 is 0 Å². The molecule has 0 aliphatic heterocycles. The van der Waals surface area contributed by atoms with Crippen molar-refractivity contribution in [1.82, 2.24) is 4.90 Å². The normalized spacial score (nSPS) is 13.0. The molecule has 118 valence electrons. The Labute approximate surface area is 125 Å². The highest BCUT2D eigenvalue weighted by Gasteiger charge is 2.24. The Bertz CT molecular complexity index is 644. The van der Waals surface area contributed by atoms with Crippen molar-refractivity contribution in [1.29, 1.82) is 0 Å². The van der Waals surface area contributed by atoms with Gasteiger partial charge in [-0.15, -0.1) is 0 Å². The predicted octanol–water partition coefficient (Wildman–Crippen LogP) is 2.04. The number of carbonyl (C=O) groups excluding carboxylic acids is 1. The first-order chi connectivity index (χ1) is 9.63. The zero-order valence-corrected chi connectivity index (χ0v) is 13.5. The molecule has 7 heteroatoms. The summed E-state index contributed by atoms with van der Waals surface area (Å²) in [6.45, 7) is 7.57. The summed E-state index contributed by atoms with van der Waals surface area (Å²) in [5.74, 6) is -1.25. The van der Waals surface area contributed by atoms with Crippen LogP contribution in [0.5, 0.6) is 0 Å². The van der Waals surface area contributed by atoms with Crippen molar-refractivity contribution in [2.45, 2.75) is 45.1 Å². The number of aryl methyl sites for hydroxylation is 1. The van der Waals surface area contributed by atoms with E-state index in [1.165, 1.54) is 13.0 Å².